The Morgan fingerprint density at radius 3 is 2.95 bits per heavy atom. The van der Waals surface area contributed by atoms with E-state index in [9.17, 15) is 9.59 Å². The Labute approximate surface area is 118 Å². The highest BCUT2D eigenvalue weighted by atomic mass is 16.2. The van der Waals surface area contributed by atoms with Crippen LogP contribution in [0.15, 0.2) is 6.07 Å². The number of hydrogen-bond donors (Lipinski definition) is 1. The molecule has 6 heteroatoms. The van der Waals surface area contributed by atoms with Crippen LogP contribution in [0.25, 0.3) is 0 Å². The molecule has 1 aliphatic carbocycles. The van der Waals surface area contributed by atoms with Gasteiger partial charge in [-0.15, -0.1) is 0 Å². The summed E-state index contributed by atoms with van der Waals surface area (Å²) in [5.74, 6) is 0.711. The Morgan fingerprint density at radius 2 is 2.30 bits per heavy atom. The second-order valence-corrected chi connectivity index (χ2v) is 5.59. The van der Waals surface area contributed by atoms with E-state index >= 15 is 0 Å². The molecule has 2 amide bonds. The normalized spacial score (nSPS) is 19.7. The zero-order valence-corrected chi connectivity index (χ0v) is 11.9. The molecule has 1 aliphatic heterocycles. The number of carbonyl (C=O) groups excluding carboxylic acids is 2. The molecule has 1 N–H and O–H groups in total. The number of amides is 2. The van der Waals surface area contributed by atoms with Crippen molar-refractivity contribution in [2.45, 2.75) is 58.2 Å². The number of carbonyl (C=O) groups is 2. The summed E-state index contributed by atoms with van der Waals surface area (Å²) < 4.78 is 1.82. The summed E-state index contributed by atoms with van der Waals surface area (Å²) in [6.45, 7) is 4.44. The number of nitrogens with one attached hydrogen (secondary N) is 1. The largest absolute Gasteiger partial charge is 0.352 e. The molecule has 1 aromatic heterocycles. The van der Waals surface area contributed by atoms with Crippen LogP contribution < -0.4 is 10.2 Å². The topological polar surface area (TPSA) is 67.2 Å². The quantitative estimate of drug-likeness (QED) is 0.891. The van der Waals surface area contributed by atoms with Crippen LogP contribution in [0.1, 0.15) is 38.3 Å². The number of anilines is 1. The molecule has 0 unspecified atom stereocenters. The lowest BCUT2D eigenvalue weighted by atomic mass is 10.1. The van der Waals surface area contributed by atoms with Crippen LogP contribution in [0.5, 0.6) is 0 Å². The lowest BCUT2D eigenvalue weighted by molar-refractivity contribution is -0.127. The van der Waals surface area contributed by atoms with Gasteiger partial charge in [0.2, 0.25) is 11.8 Å². The van der Waals surface area contributed by atoms with Crippen LogP contribution in [0, 0.1) is 6.92 Å². The summed E-state index contributed by atoms with van der Waals surface area (Å²) in [6.07, 6.45) is 3.11. The zero-order chi connectivity index (χ0) is 14.3. The highest BCUT2D eigenvalue weighted by Gasteiger charge is 2.36. The van der Waals surface area contributed by atoms with E-state index in [4.69, 9.17) is 0 Å². The van der Waals surface area contributed by atoms with Crippen LogP contribution in [0.4, 0.5) is 5.82 Å². The monoisotopic (exact) mass is 276 g/mol. The van der Waals surface area contributed by atoms with Crippen LogP contribution >= 0.6 is 0 Å². The highest BCUT2D eigenvalue weighted by molar-refractivity contribution is 6.01. The van der Waals surface area contributed by atoms with E-state index in [0.717, 1.165) is 24.4 Å². The Morgan fingerprint density at radius 1 is 1.55 bits per heavy atom. The van der Waals surface area contributed by atoms with Crippen LogP contribution in [0.3, 0.4) is 0 Å². The lowest BCUT2D eigenvalue weighted by Gasteiger charge is -2.33. The first-order valence-corrected chi connectivity index (χ1v) is 7.27. The standard InChI is InChI=1S/C14H20N4O2/c1-3-11(14(20)15-10-4-5-10)18-12-8-9(2)16-17(12)7-6-13(18)19/h8,10-11H,3-7H2,1-2H3,(H,15,20)/t11-/m1/s1. The predicted octanol–water partition coefficient (Wildman–Crippen LogP) is 0.985. The third-order valence-corrected chi connectivity index (χ3v) is 3.86. The van der Waals surface area contributed by atoms with Crippen molar-refractivity contribution in [2.75, 3.05) is 4.90 Å². The second-order valence-electron chi connectivity index (χ2n) is 5.59. The van der Waals surface area contributed by atoms with Crippen LogP contribution in [-0.4, -0.2) is 33.7 Å². The number of nitrogens with zero attached hydrogens (tertiary/aromatic N) is 3. The predicted molar refractivity (Wildman–Crippen MR) is 74.3 cm³/mol. The van der Waals surface area contributed by atoms with Crippen molar-refractivity contribution in [3.05, 3.63) is 11.8 Å². The molecule has 2 aliphatic rings. The summed E-state index contributed by atoms with van der Waals surface area (Å²) >= 11 is 0. The number of aromatic nitrogens is 2. The molecule has 1 saturated carbocycles. The van der Waals surface area contributed by atoms with Gasteiger partial charge in [0.05, 0.1) is 12.2 Å². The minimum absolute atomic E-state index is 0.00944. The van der Waals surface area contributed by atoms with Crippen LogP contribution in [0.2, 0.25) is 0 Å². The lowest BCUT2D eigenvalue weighted by Crippen LogP contribution is -2.52. The number of hydrogen-bond acceptors (Lipinski definition) is 3. The van der Waals surface area contributed by atoms with E-state index in [1.807, 2.05) is 24.6 Å². The molecule has 1 aromatic rings. The van der Waals surface area contributed by atoms with E-state index in [1.165, 1.54) is 0 Å². The smallest absolute Gasteiger partial charge is 0.243 e. The Bertz CT molecular complexity index is 547. The van der Waals surface area contributed by atoms with Crippen molar-refractivity contribution >= 4 is 17.6 Å². The first-order valence-electron chi connectivity index (χ1n) is 7.27. The maximum absolute atomic E-state index is 12.4. The first kappa shape index (κ1) is 13.1. The number of fused-ring (bicyclic) bond motifs is 1. The van der Waals surface area contributed by atoms with E-state index < -0.39 is 6.04 Å². The molecule has 3 rings (SSSR count). The molecule has 0 saturated heterocycles. The average Bonchev–Trinajstić information content (AvgIpc) is 3.13. The second kappa shape index (κ2) is 4.92. The van der Waals surface area contributed by atoms with Gasteiger partial charge >= 0.3 is 0 Å². The van der Waals surface area contributed by atoms with Gasteiger partial charge in [-0.3, -0.25) is 14.5 Å². The molecular formula is C14H20N4O2. The van der Waals surface area contributed by atoms with Gasteiger partial charge in [-0.25, -0.2) is 4.68 Å². The first-order chi connectivity index (χ1) is 9.60. The molecule has 6 nitrogen and oxygen atoms in total. The third kappa shape index (κ3) is 2.30. The average molecular weight is 276 g/mol. The van der Waals surface area contributed by atoms with Gasteiger partial charge in [0.1, 0.15) is 11.9 Å². The van der Waals surface area contributed by atoms with Gasteiger partial charge < -0.3 is 5.32 Å². The maximum atomic E-state index is 12.4. The van der Waals surface area contributed by atoms with E-state index in [-0.39, 0.29) is 11.8 Å². The number of aryl methyl sites for hydroxylation is 2. The van der Waals surface area contributed by atoms with Gasteiger partial charge in [-0.2, -0.15) is 5.10 Å². The molecule has 0 radical (unpaired) electrons. The fraction of sp³-hybridized carbons (Fsp3) is 0.643. The molecular weight excluding hydrogens is 256 g/mol. The fourth-order valence-electron chi connectivity index (χ4n) is 2.68. The van der Waals surface area contributed by atoms with Crippen molar-refractivity contribution in [2.24, 2.45) is 0 Å². The Hall–Kier alpha value is -1.85. The van der Waals surface area contributed by atoms with Gasteiger partial charge in [0, 0.05) is 18.5 Å². The summed E-state index contributed by atoms with van der Waals surface area (Å²) in [5, 5.41) is 7.37. The summed E-state index contributed by atoms with van der Waals surface area (Å²) in [4.78, 5) is 26.3. The van der Waals surface area contributed by atoms with Gasteiger partial charge in [0.25, 0.3) is 0 Å². The van der Waals surface area contributed by atoms with Crippen LogP contribution in [-0.2, 0) is 16.1 Å². The summed E-state index contributed by atoms with van der Waals surface area (Å²) in [6, 6.07) is 1.76. The van der Waals surface area contributed by atoms with E-state index in [0.29, 0.717) is 25.4 Å². The summed E-state index contributed by atoms with van der Waals surface area (Å²) in [7, 11) is 0. The van der Waals surface area contributed by atoms with Gasteiger partial charge in [-0.1, -0.05) is 6.92 Å². The van der Waals surface area contributed by atoms with Crippen molar-refractivity contribution < 1.29 is 9.59 Å². The maximum Gasteiger partial charge on any atom is 0.243 e. The minimum Gasteiger partial charge on any atom is -0.352 e. The van der Waals surface area contributed by atoms with Crippen molar-refractivity contribution in [1.29, 1.82) is 0 Å². The SMILES string of the molecule is CC[C@H](C(=O)NC1CC1)N1C(=O)CCn2nc(C)cc21. The van der Waals surface area contributed by atoms with Crippen molar-refractivity contribution in [3.8, 4) is 0 Å². The molecule has 0 bridgehead atoms. The minimum atomic E-state index is -0.432. The molecule has 20 heavy (non-hydrogen) atoms. The highest BCUT2D eigenvalue weighted by Crippen LogP contribution is 2.27. The van der Waals surface area contributed by atoms with E-state index in [1.54, 1.807) is 4.90 Å². The Kier molecular flexibility index (Phi) is 3.23. The molecule has 0 spiro atoms. The van der Waals surface area contributed by atoms with Crippen molar-refractivity contribution in [3.63, 3.8) is 0 Å². The molecule has 108 valence electrons. The molecule has 1 fully saturated rings. The molecule has 1 atom stereocenters. The molecule has 0 aromatic carbocycles. The summed E-state index contributed by atoms with van der Waals surface area (Å²) in [5.41, 5.74) is 0.872. The van der Waals surface area contributed by atoms with Crippen molar-refractivity contribution in [1.82, 2.24) is 15.1 Å². The Balaban J connectivity index is 1.88. The third-order valence-electron chi connectivity index (χ3n) is 3.86. The van der Waals surface area contributed by atoms with Gasteiger partial charge in [0.15, 0.2) is 0 Å². The van der Waals surface area contributed by atoms with E-state index in [2.05, 4.69) is 10.4 Å². The zero-order valence-electron chi connectivity index (χ0n) is 11.9. The fourth-order valence-corrected chi connectivity index (χ4v) is 2.68. The molecule has 2 heterocycles. The number of rotatable bonds is 4. The van der Waals surface area contributed by atoms with Gasteiger partial charge in [-0.05, 0) is 26.2 Å².